The molecule has 0 heterocycles. The molecule has 0 nitrogen and oxygen atoms in total. The number of hydrogen-bond acceptors (Lipinski definition) is 0. The molecular weight excluding hydrogens is 177 g/mol. The highest BCUT2D eigenvalue weighted by Gasteiger charge is 2.48. The Labute approximate surface area is 77.5 Å². The van der Waals surface area contributed by atoms with Gasteiger partial charge in [-0.05, 0) is 12.3 Å². The lowest BCUT2D eigenvalue weighted by Crippen LogP contribution is -2.33. The summed E-state index contributed by atoms with van der Waals surface area (Å²) in [5.41, 5.74) is -1.50. The third-order valence-electron chi connectivity index (χ3n) is 3.04. The van der Waals surface area contributed by atoms with Gasteiger partial charge in [0.05, 0.1) is 5.41 Å². The molecule has 0 N–H and O–H groups in total. The first kappa shape index (κ1) is 10.9. The smallest absolute Gasteiger partial charge is 0.171 e. The van der Waals surface area contributed by atoms with Crippen molar-refractivity contribution in [1.29, 1.82) is 0 Å². The van der Waals surface area contributed by atoms with Crippen molar-refractivity contribution in [2.24, 2.45) is 11.3 Å². The van der Waals surface area contributed by atoms with Crippen LogP contribution in [0.1, 0.15) is 46.0 Å². The van der Waals surface area contributed by atoms with Crippen molar-refractivity contribution in [2.45, 2.75) is 52.1 Å². The summed E-state index contributed by atoms with van der Waals surface area (Å²) in [6, 6.07) is 0. The van der Waals surface area contributed by atoms with Gasteiger partial charge in [-0.2, -0.15) is 13.2 Å². The van der Waals surface area contributed by atoms with Gasteiger partial charge in [0.2, 0.25) is 0 Å². The van der Waals surface area contributed by atoms with Crippen molar-refractivity contribution in [1.82, 2.24) is 0 Å². The lowest BCUT2D eigenvalue weighted by atomic mass is 9.81. The summed E-state index contributed by atoms with van der Waals surface area (Å²) in [4.78, 5) is 0. The molecular formula is C10H17F3. The Balaban J connectivity index is 2.50. The molecule has 0 aliphatic heterocycles. The maximum Gasteiger partial charge on any atom is 0.393 e. The molecule has 0 atom stereocenters. The Morgan fingerprint density at radius 1 is 1.08 bits per heavy atom. The topological polar surface area (TPSA) is 0 Å². The number of halogens is 3. The van der Waals surface area contributed by atoms with Crippen LogP contribution in [-0.2, 0) is 0 Å². The molecule has 1 rings (SSSR count). The minimum atomic E-state index is -4.05. The van der Waals surface area contributed by atoms with Gasteiger partial charge >= 0.3 is 6.18 Å². The Hall–Kier alpha value is -0.210. The summed E-state index contributed by atoms with van der Waals surface area (Å²) in [5.74, 6) is 0.302. The molecule has 1 saturated carbocycles. The molecule has 13 heavy (non-hydrogen) atoms. The summed E-state index contributed by atoms with van der Waals surface area (Å²) < 4.78 is 37.5. The average molecular weight is 194 g/mol. The molecule has 0 aromatic carbocycles. The van der Waals surface area contributed by atoms with E-state index < -0.39 is 11.6 Å². The van der Waals surface area contributed by atoms with Crippen LogP contribution in [0, 0.1) is 11.3 Å². The number of hydrogen-bond donors (Lipinski definition) is 0. The monoisotopic (exact) mass is 194 g/mol. The SMILES string of the molecule is CC(C)(CC1CCCC1)C(F)(F)F. The first-order valence-corrected chi connectivity index (χ1v) is 4.90. The molecule has 0 aromatic heterocycles. The van der Waals surface area contributed by atoms with Gasteiger partial charge in [-0.25, -0.2) is 0 Å². The fourth-order valence-corrected chi connectivity index (χ4v) is 2.05. The van der Waals surface area contributed by atoms with Gasteiger partial charge in [0, 0.05) is 0 Å². The van der Waals surface area contributed by atoms with E-state index in [2.05, 4.69) is 0 Å². The maximum atomic E-state index is 12.5. The summed E-state index contributed by atoms with van der Waals surface area (Å²) >= 11 is 0. The standard InChI is InChI=1S/C10H17F3/c1-9(2,10(11,12)13)7-8-5-3-4-6-8/h8H,3-7H2,1-2H3. The summed E-state index contributed by atoms with van der Waals surface area (Å²) in [5, 5.41) is 0. The zero-order chi connectivity index (χ0) is 10.1. The van der Waals surface area contributed by atoms with E-state index in [4.69, 9.17) is 0 Å². The van der Waals surface area contributed by atoms with Crippen LogP contribution in [0.15, 0.2) is 0 Å². The molecule has 1 aliphatic carbocycles. The lowest BCUT2D eigenvalue weighted by molar-refractivity contribution is -0.217. The third-order valence-corrected chi connectivity index (χ3v) is 3.04. The van der Waals surface area contributed by atoms with Gasteiger partial charge in [-0.15, -0.1) is 0 Å². The van der Waals surface area contributed by atoms with Crippen LogP contribution in [0.2, 0.25) is 0 Å². The maximum absolute atomic E-state index is 12.5. The highest BCUT2D eigenvalue weighted by Crippen LogP contribution is 2.45. The molecule has 0 spiro atoms. The minimum absolute atomic E-state index is 0.302. The van der Waals surface area contributed by atoms with Crippen LogP contribution in [0.5, 0.6) is 0 Å². The lowest BCUT2D eigenvalue weighted by Gasteiger charge is -2.30. The van der Waals surface area contributed by atoms with Crippen molar-refractivity contribution < 1.29 is 13.2 Å². The van der Waals surface area contributed by atoms with Crippen molar-refractivity contribution in [3.05, 3.63) is 0 Å². The first-order chi connectivity index (χ1) is 5.83. The fraction of sp³-hybridized carbons (Fsp3) is 1.00. The summed E-state index contributed by atoms with van der Waals surface area (Å²) in [7, 11) is 0. The fourth-order valence-electron chi connectivity index (χ4n) is 2.05. The number of rotatable bonds is 2. The van der Waals surface area contributed by atoms with E-state index in [9.17, 15) is 13.2 Å². The quantitative estimate of drug-likeness (QED) is 0.619. The van der Waals surface area contributed by atoms with Crippen LogP contribution < -0.4 is 0 Å². The first-order valence-electron chi connectivity index (χ1n) is 4.90. The minimum Gasteiger partial charge on any atom is -0.171 e. The third kappa shape index (κ3) is 2.61. The van der Waals surface area contributed by atoms with E-state index in [1.807, 2.05) is 0 Å². The van der Waals surface area contributed by atoms with Crippen molar-refractivity contribution in [3.8, 4) is 0 Å². The predicted octanol–water partition coefficient (Wildman–Crippen LogP) is 4.16. The normalized spacial score (nSPS) is 21.0. The predicted molar refractivity (Wildman–Crippen MR) is 46.4 cm³/mol. The second-order valence-corrected chi connectivity index (χ2v) is 4.74. The molecule has 0 radical (unpaired) electrons. The van der Waals surface area contributed by atoms with E-state index in [-0.39, 0.29) is 0 Å². The highest BCUT2D eigenvalue weighted by molar-refractivity contribution is 4.82. The average Bonchev–Trinajstić information content (AvgIpc) is 2.35. The molecule has 0 bridgehead atoms. The van der Waals surface area contributed by atoms with Gasteiger partial charge in [0.25, 0.3) is 0 Å². The van der Waals surface area contributed by atoms with Gasteiger partial charge < -0.3 is 0 Å². The van der Waals surface area contributed by atoms with Crippen LogP contribution in [0.3, 0.4) is 0 Å². The van der Waals surface area contributed by atoms with E-state index >= 15 is 0 Å². The van der Waals surface area contributed by atoms with Gasteiger partial charge in [-0.3, -0.25) is 0 Å². The van der Waals surface area contributed by atoms with Gasteiger partial charge in [0.15, 0.2) is 0 Å². The van der Waals surface area contributed by atoms with E-state index in [1.54, 1.807) is 0 Å². The van der Waals surface area contributed by atoms with Crippen molar-refractivity contribution in [3.63, 3.8) is 0 Å². The zero-order valence-electron chi connectivity index (χ0n) is 8.25. The van der Waals surface area contributed by atoms with E-state index in [0.29, 0.717) is 12.3 Å². The van der Waals surface area contributed by atoms with Gasteiger partial charge in [-0.1, -0.05) is 39.5 Å². The van der Waals surface area contributed by atoms with Crippen LogP contribution in [0.25, 0.3) is 0 Å². The largest absolute Gasteiger partial charge is 0.393 e. The molecule has 0 unspecified atom stereocenters. The Kier molecular flexibility index (Phi) is 2.93. The van der Waals surface area contributed by atoms with Crippen LogP contribution in [0.4, 0.5) is 13.2 Å². The van der Waals surface area contributed by atoms with Crippen LogP contribution >= 0.6 is 0 Å². The molecule has 3 heteroatoms. The molecule has 1 fully saturated rings. The second-order valence-electron chi connectivity index (χ2n) is 4.74. The summed E-state index contributed by atoms with van der Waals surface area (Å²) in [6.07, 6.45) is 0.447. The molecule has 78 valence electrons. The van der Waals surface area contributed by atoms with Crippen molar-refractivity contribution >= 4 is 0 Å². The molecule has 0 saturated heterocycles. The highest BCUT2D eigenvalue weighted by atomic mass is 19.4. The Bertz CT molecular complexity index is 163. The Morgan fingerprint density at radius 3 is 1.92 bits per heavy atom. The molecule has 0 amide bonds. The van der Waals surface area contributed by atoms with Crippen molar-refractivity contribution in [2.75, 3.05) is 0 Å². The van der Waals surface area contributed by atoms with E-state index in [1.165, 1.54) is 13.8 Å². The van der Waals surface area contributed by atoms with Gasteiger partial charge in [0.1, 0.15) is 0 Å². The Morgan fingerprint density at radius 2 is 1.54 bits per heavy atom. The summed E-state index contributed by atoms with van der Waals surface area (Å²) in [6.45, 7) is 2.62. The number of alkyl halides is 3. The molecule has 0 aromatic rings. The molecule has 1 aliphatic rings. The second kappa shape index (κ2) is 3.50. The van der Waals surface area contributed by atoms with Crippen LogP contribution in [-0.4, -0.2) is 6.18 Å². The van der Waals surface area contributed by atoms with E-state index in [0.717, 1.165) is 25.7 Å². The zero-order valence-corrected chi connectivity index (χ0v) is 8.25.